The fourth-order valence-corrected chi connectivity index (χ4v) is 1.85. The van der Waals surface area contributed by atoms with E-state index >= 15 is 0 Å². The van der Waals surface area contributed by atoms with Crippen molar-refractivity contribution in [3.8, 4) is 5.75 Å². The minimum atomic E-state index is 0.626. The maximum Gasteiger partial charge on any atom is 0.127 e. The fraction of sp³-hybridized carbons (Fsp3) is 0.0714. The van der Waals surface area contributed by atoms with Crippen LogP contribution in [0.1, 0.15) is 11.1 Å². The summed E-state index contributed by atoms with van der Waals surface area (Å²) < 4.78 is 5.70. The Kier molecular flexibility index (Phi) is 2.18. The zero-order valence-electron chi connectivity index (χ0n) is 8.76. The van der Waals surface area contributed by atoms with Gasteiger partial charge in [-0.2, -0.15) is 0 Å². The van der Waals surface area contributed by atoms with Gasteiger partial charge in [0.1, 0.15) is 12.4 Å². The highest BCUT2D eigenvalue weighted by Crippen LogP contribution is 2.29. The Bertz CT molecular complexity index is 531. The van der Waals surface area contributed by atoms with Crippen LogP contribution in [0.3, 0.4) is 0 Å². The van der Waals surface area contributed by atoms with Crippen LogP contribution >= 0.6 is 0 Å². The minimum Gasteiger partial charge on any atom is -0.488 e. The average molecular weight is 209 g/mol. The maximum absolute atomic E-state index is 5.70. The van der Waals surface area contributed by atoms with Crippen molar-refractivity contribution >= 4 is 11.6 Å². The molecule has 0 aliphatic carbocycles. The fourth-order valence-electron chi connectivity index (χ4n) is 1.85. The van der Waals surface area contributed by atoms with E-state index in [1.807, 2.05) is 30.3 Å². The molecule has 2 heterocycles. The zero-order valence-corrected chi connectivity index (χ0v) is 8.76. The van der Waals surface area contributed by atoms with E-state index in [0.29, 0.717) is 6.61 Å². The highest BCUT2D eigenvalue weighted by atomic mass is 16.5. The van der Waals surface area contributed by atoms with Crippen LogP contribution in [0.5, 0.6) is 5.75 Å². The Morgan fingerprint density at radius 3 is 2.69 bits per heavy atom. The molecule has 0 saturated carbocycles. The van der Waals surface area contributed by atoms with E-state index < -0.39 is 0 Å². The Hall–Kier alpha value is -2.09. The van der Waals surface area contributed by atoms with Crippen LogP contribution in [0.15, 0.2) is 48.8 Å². The molecule has 0 bridgehead atoms. The molecule has 78 valence electrons. The first-order chi connectivity index (χ1) is 7.93. The summed E-state index contributed by atoms with van der Waals surface area (Å²) in [5.41, 5.74) is 3.51. The van der Waals surface area contributed by atoms with Crippen LogP contribution in [-0.4, -0.2) is 11.6 Å². The highest BCUT2D eigenvalue weighted by molar-refractivity contribution is 5.85. The molecule has 1 aliphatic heterocycles. The summed E-state index contributed by atoms with van der Waals surface area (Å²) in [5.74, 6) is 0.959. The first kappa shape index (κ1) is 9.16. The van der Waals surface area contributed by atoms with Crippen LogP contribution < -0.4 is 4.74 Å². The molecule has 0 N–H and O–H groups in total. The van der Waals surface area contributed by atoms with E-state index in [-0.39, 0.29) is 0 Å². The quantitative estimate of drug-likeness (QED) is 0.720. The molecule has 0 fully saturated rings. The molecular formula is C14H11NO. The van der Waals surface area contributed by atoms with Gasteiger partial charge in [-0.1, -0.05) is 18.2 Å². The summed E-state index contributed by atoms with van der Waals surface area (Å²) in [4.78, 5) is 4.02. The summed E-state index contributed by atoms with van der Waals surface area (Å²) in [6.07, 6.45) is 5.78. The molecule has 0 amide bonds. The predicted octanol–water partition coefficient (Wildman–Crippen LogP) is 3.01. The molecule has 3 rings (SSSR count). The van der Waals surface area contributed by atoms with Gasteiger partial charge in [0.05, 0.1) is 0 Å². The number of pyridine rings is 1. The number of rotatable bonds is 1. The molecule has 0 radical (unpaired) electrons. The molecular weight excluding hydrogens is 198 g/mol. The largest absolute Gasteiger partial charge is 0.488 e. The summed E-state index contributed by atoms with van der Waals surface area (Å²) in [6.45, 7) is 0.626. The van der Waals surface area contributed by atoms with Crippen LogP contribution in [0.4, 0.5) is 0 Å². The second kappa shape index (κ2) is 3.81. The molecule has 0 unspecified atom stereocenters. The van der Waals surface area contributed by atoms with Gasteiger partial charge in [0.15, 0.2) is 0 Å². The summed E-state index contributed by atoms with van der Waals surface area (Å²) >= 11 is 0. The SMILES string of the molecule is C1=C(c2ccncc2)COc2ccccc21. The van der Waals surface area contributed by atoms with Gasteiger partial charge in [-0.25, -0.2) is 0 Å². The average Bonchev–Trinajstić information content (AvgIpc) is 2.39. The lowest BCUT2D eigenvalue weighted by molar-refractivity contribution is 0.366. The van der Waals surface area contributed by atoms with Crippen LogP contribution in [0.2, 0.25) is 0 Å². The van der Waals surface area contributed by atoms with Crippen molar-refractivity contribution in [1.82, 2.24) is 4.98 Å². The van der Waals surface area contributed by atoms with Crippen molar-refractivity contribution in [1.29, 1.82) is 0 Å². The maximum atomic E-state index is 5.70. The summed E-state index contributed by atoms with van der Waals surface area (Å²) in [5, 5.41) is 0. The third kappa shape index (κ3) is 1.58. The first-order valence-corrected chi connectivity index (χ1v) is 5.26. The molecule has 1 aromatic heterocycles. The lowest BCUT2D eigenvalue weighted by atomic mass is 10.0. The first-order valence-electron chi connectivity index (χ1n) is 5.26. The molecule has 2 heteroatoms. The summed E-state index contributed by atoms with van der Waals surface area (Å²) in [7, 11) is 0. The van der Waals surface area contributed by atoms with E-state index in [4.69, 9.17) is 4.74 Å². The topological polar surface area (TPSA) is 22.1 Å². The van der Waals surface area contributed by atoms with Gasteiger partial charge in [0.2, 0.25) is 0 Å². The van der Waals surface area contributed by atoms with Crippen molar-refractivity contribution in [2.24, 2.45) is 0 Å². The van der Waals surface area contributed by atoms with E-state index in [9.17, 15) is 0 Å². The van der Waals surface area contributed by atoms with Gasteiger partial charge in [0.25, 0.3) is 0 Å². The Labute approximate surface area is 94.2 Å². The van der Waals surface area contributed by atoms with Crippen LogP contribution in [0.25, 0.3) is 11.6 Å². The Morgan fingerprint density at radius 2 is 1.81 bits per heavy atom. The van der Waals surface area contributed by atoms with E-state index in [0.717, 1.165) is 11.3 Å². The normalized spacial score (nSPS) is 13.6. The number of para-hydroxylation sites is 1. The number of fused-ring (bicyclic) bond motifs is 1. The van der Waals surface area contributed by atoms with Gasteiger partial charge in [-0.3, -0.25) is 4.98 Å². The van der Waals surface area contributed by atoms with E-state index in [1.54, 1.807) is 12.4 Å². The zero-order chi connectivity index (χ0) is 10.8. The number of hydrogen-bond acceptors (Lipinski definition) is 2. The van der Waals surface area contributed by atoms with Crippen molar-refractivity contribution < 1.29 is 4.74 Å². The van der Waals surface area contributed by atoms with Gasteiger partial charge in [0, 0.05) is 18.0 Å². The predicted molar refractivity (Wildman–Crippen MR) is 64.0 cm³/mol. The Balaban J connectivity index is 2.04. The van der Waals surface area contributed by atoms with Gasteiger partial charge >= 0.3 is 0 Å². The molecule has 2 aromatic rings. The second-order valence-electron chi connectivity index (χ2n) is 3.73. The monoisotopic (exact) mass is 209 g/mol. The second-order valence-corrected chi connectivity index (χ2v) is 3.73. The molecule has 16 heavy (non-hydrogen) atoms. The highest BCUT2D eigenvalue weighted by Gasteiger charge is 2.11. The van der Waals surface area contributed by atoms with E-state index in [2.05, 4.69) is 17.1 Å². The molecule has 0 saturated heterocycles. The summed E-state index contributed by atoms with van der Waals surface area (Å²) in [6, 6.07) is 12.1. The van der Waals surface area contributed by atoms with Crippen molar-refractivity contribution in [2.45, 2.75) is 0 Å². The van der Waals surface area contributed by atoms with Crippen molar-refractivity contribution in [3.05, 3.63) is 59.9 Å². The molecule has 1 aromatic carbocycles. The molecule has 0 atom stereocenters. The molecule has 2 nitrogen and oxygen atoms in total. The number of ether oxygens (including phenoxy) is 1. The lowest BCUT2D eigenvalue weighted by Gasteiger charge is -2.17. The van der Waals surface area contributed by atoms with Gasteiger partial charge < -0.3 is 4.74 Å². The van der Waals surface area contributed by atoms with Crippen molar-refractivity contribution in [2.75, 3.05) is 6.61 Å². The smallest absolute Gasteiger partial charge is 0.127 e. The number of hydrogen-bond donors (Lipinski definition) is 0. The number of benzene rings is 1. The van der Waals surface area contributed by atoms with Gasteiger partial charge in [-0.05, 0) is 35.4 Å². The van der Waals surface area contributed by atoms with Crippen molar-refractivity contribution in [3.63, 3.8) is 0 Å². The lowest BCUT2D eigenvalue weighted by Crippen LogP contribution is -2.06. The third-order valence-corrected chi connectivity index (χ3v) is 2.68. The third-order valence-electron chi connectivity index (χ3n) is 2.68. The Morgan fingerprint density at radius 1 is 1.00 bits per heavy atom. The van der Waals surface area contributed by atoms with Crippen LogP contribution in [-0.2, 0) is 0 Å². The molecule has 0 spiro atoms. The number of aromatic nitrogens is 1. The number of nitrogens with zero attached hydrogens (tertiary/aromatic N) is 1. The standard InChI is InChI=1S/C14H11NO/c1-2-4-14-12(3-1)9-13(10-16-14)11-5-7-15-8-6-11/h1-9H,10H2. The van der Waals surface area contributed by atoms with Crippen LogP contribution in [0, 0.1) is 0 Å². The minimum absolute atomic E-state index is 0.626. The van der Waals surface area contributed by atoms with E-state index in [1.165, 1.54) is 11.1 Å². The molecule has 1 aliphatic rings. The van der Waals surface area contributed by atoms with Gasteiger partial charge in [-0.15, -0.1) is 0 Å².